The van der Waals surface area contributed by atoms with Crippen molar-refractivity contribution in [2.75, 3.05) is 11.9 Å². The van der Waals surface area contributed by atoms with Crippen LogP contribution in [0.4, 0.5) is 5.95 Å². The van der Waals surface area contributed by atoms with E-state index in [1.807, 2.05) is 18.2 Å². The fourth-order valence-electron chi connectivity index (χ4n) is 3.73. The summed E-state index contributed by atoms with van der Waals surface area (Å²) < 4.78 is 25.5. The molecule has 3 aromatic heterocycles. The van der Waals surface area contributed by atoms with Gasteiger partial charge in [0.15, 0.2) is 19.5 Å². The molecule has 41 heavy (non-hydrogen) atoms. The van der Waals surface area contributed by atoms with E-state index in [0.29, 0.717) is 0 Å². The van der Waals surface area contributed by atoms with Crippen LogP contribution >= 0.6 is 20.0 Å². The van der Waals surface area contributed by atoms with E-state index >= 15 is 0 Å². The maximum atomic E-state index is 12.6. The van der Waals surface area contributed by atoms with Crippen LogP contribution in [-0.2, 0) is 18.3 Å². The molecule has 1 amide bonds. The predicted octanol–water partition coefficient (Wildman–Crippen LogP) is 3.56. The number of aromatic amines is 1. The minimum Gasteiger partial charge on any atom is -0.410 e. The van der Waals surface area contributed by atoms with E-state index in [9.17, 15) is 24.2 Å². The molecule has 4 N–H and O–H groups in total. The Balaban J connectivity index is 0.000000681. The molecule has 0 saturated carbocycles. The van der Waals surface area contributed by atoms with Crippen LogP contribution in [0.1, 0.15) is 40.0 Å². The molecule has 0 spiro atoms. The van der Waals surface area contributed by atoms with Gasteiger partial charge in [0, 0.05) is 18.3 Å². The van der Waals surface area contributed by atoms with E-state index in [0.717, 1.165) is 0 Å². The van der Waals surface area contributed by atoms with Gasteiger partial charge in [-0.15, -0.1) is 11.8 Å². The first-order valence-electron chi connectivity index (χ1n) is 13.1. The number of hydrogen-bond acceptors (Lipinski definition) is 10. The zero-order chi connectivity index (χ0) is 30.5. The first-order chi connectivity index (χ1) is 19.2. The number of carbonyl (C=O) groups is 1. The number of H-pyrrole nitrogens is 1. The highest BCUT2D eigenvalue weighted by molar-refractivity contribution is 8.00. The van der Waals surface area contributed by atoms with Crippen LogP contribution in [0.25, 0.3) is 11.2 Å². The number of imidazole rings is 1. The van der Waals surface area contributed by atoms with Gasteiger partial charge in [-0.1, -0.05) is 40.7 Å². The van der Waals surface area contributed by atoms with Gasteiger partial charge in [0.25, 0.3) is 5.56 Å². The molecule has 226 valence electrons. The number of fused-ring (bicyclic) bond motifs is 1. The van der Waals surface area contributed by atoms with Crippen LogP contribution in [0.3, 0.4) is 0 Å². The summed E-state index contributed by atoms with van der Waals surface area (Å²) in [6, 6.07) is 5.72. The smallest absolute Gasteiger partial charge is 0.317 e. The summed E-state index contributed by atoms with van der Waals surface area (Å²) >= 11 is 1.30. The second kappa shape index (κ2) is 13.7. The lowest BCUT2D eigenvalue weighted by molar-refractivity contribution is -0.118. The summed E-state index contributed by atoms with van der Waals surface area (Å²) in [4.78, 5) is 49.3. The van der Waals surface area contributed by atoms with Crippen molar-refractivity contribution < 1.29 is 28.3 Å². The molecule has 4 heterocycles. The molecule has 5 atom stereocenters. The summed E-state index contributed by atoms with van der Waals surface area (Å²) in [7, 11) is -5.73. The first-order valence-corrected chi connectivity index (χ1v) is 18.2. The van der Waals surface area contributed by atoms with E-state index in [2.05, 4.69) is 59.1 Å². The highest BCUT2D eigenvalue weighted by Gasteiger charge is 2.51. The molecule has 1 aliphatic rings. The number of thioether (sulfide) groups is 1. The van der Waals surface area contributed by atoms with E-state index < -0.39 is 45.0 Å². The average molecular weight is 627 g/mol. The Morgan fingerprint density at radius 2 is 1.90 bits per heavy atom. The van der Waals surface area contributed by atoms with Crippen molar-refractivity contribution in [2.24, 2.45) is 5.92 Å². The van der Waals surface area contributed by atoms with Gasteiger partial charge in [0.1, 0.15) is 11.5 Å². The van der Waals surface area contributed by atoms with Gasteiger partial charge in [0.05, 0.1) is 24.3 Å². The number of carbonyl (C=O) groups excluding carboxylic acids is 1. The molecule has 0 radical (unpaired) electrons. The Morgan fingerprint density at radius 3 is 2.39 bits per heavy atom. The fraction of sp³-hybridized carbons (Fsp3) is 0.560. The third-order valence-electron chi connectivity index (χ3n) is 6.98. The molecule has 16 heteroatoms. The van der Waals surface area contributed by atoms with Gasteiger partial charge in [-0.2, -0.15) is 4.98 Å². The lowest BCUT2D eigenvalue weighted by Crippen LogP contribution is -2.49. The maximum absolute atomic E-state index is 12.6. The SMILES string of the molecule is CC(C)C(=O)Nc1nc2c(ncn2[C@@H]2S[C@H](CO)[C@@H](O[Si](C)(C)C(C)(C)C)[C@H]2O[PH](=O)O)c(=O)[nH]1.c1ccncc1. The Hall–Kier alpha value is -2.39. The molecule has 0 bridgehead atoms. The van der Waals surface area contributed by atoms with Crippen LogP contribution in [-0.4, -0.2) is 72.8 Å². The van der Waals surface area contributed by atoms with Crippen molar-refractivity contribution >= 4 is 51.4 Å². The van der Waals surface area contributed by atoms with Crippen molar-refractivity contribution in [3.05, 3.63) is 47.3 Å². The fourth-order valence-corrected chi connectivity index (χ4v) is 7.21. The van der Waals surface area contributed by atoms with Crippen LogP contribution in [0.15, 0.2) is 41.7 Å². The van der Waals surface area contributed by atoms with Crippen molar-refractivity contribution in [3.8, 4) is 0 Å². The van der Waals surface area contributed by atoms with Crippen LogP contribution in [0, 0.1) is 5.92 Å². The maximum Gasteiger partial charge on any atom is 0.317 e. The monoisotopic (exact) mass is 626 g/mol. The number of anilines is 1. The molecule has 4 rings (SSSR count). The first kappa shape index (κ1) is 33.1. The van der Waals surface area contributed by atoms with E-state index in [1.54, 1.807) is 30.8 Å². The second-order valence-electron chi connectivity index (χ2n) is 11.3. The quantitative estimate of drug-likeness (QED) is 0.212. The van der Waals surface area contributed by atoms with Crippen LogP contribution in [0.2, 0.25) is 18.1 Å². The van der Waals surface area contributed by atoms with Crippen molar-refractivity contribution in [2.45, 2.75) is 75.6 Å². The van der Waals surface area contributed by atoms with Gasteiger partial charge in [0.2, 0.25) is 11.9 Å². The Morgan fingerprint density at radius 1 is 1.24 bits per heavy atom. The number of hydrogen-bond donors (Lipinski definition) is 4. The topological polar surface area (TPSA) is 182 Å². The van der Waals surface area contributed by atoms with Gasteiger partial charge in [-0.05, 0) is 30.3 Å². The molecule has 0 aliphatic carbocycles. The molecule has 0 aromatic carbocycles. The van der Waals surface area contributed by atoms with Crippen LogP contribution in [0.5, 0.6) is 0 Å². The second-order valence-corrected chi connectivity index (χ2v) is 18.2. The number of aliphatic hydroxyl groups excluding tert-OH is 1. The molecule has 1 aliphatic heterocycles. The van der Waals surface area contributed by atoms with Crippen LogP contribution < -0.4 is 10.9 Å². The molecular formula is C25H39N6O7PSSi. The number of pyridine rings is 1. The molecule has 13 nitrogen and oxygen atoms in total. The average Bonchev–Trinajstić information content (AvgIpc) is 3.45. The zero-order valence-corrected chi connectivity index (χ0v) is 27.0. The number of nitrogens with one attached hydrogen (secondary N) is 2. The number of rotatable bonds is 8. The summed E-state index contributed by atoms with van der Waals surface area (Å²) in [5.41, 5.74) is -0.337. The predicted molar refractivity (Wildman–Crippen MR) is 162 cm³/mol. The van der Waals surface area contributed by atoms with E-state index in [4.69, 9.17) is 8.95 Å². The van der Waals surface area contributed by atoms with E-state index in [-0.39, 0.29) is 40.6 Å². The lowest BCUT2D eigenvalue weighted by atomic mass is 10.1. The summed E-state index contributed by atoms with van der Waals surface area (Å²) in [6.45, 7) is 13.5. The molecule has 1 saturated heterocycles. The Kier molecular flexibility index (Phi) is 11.1. The van der Waals surface area contributed by atoms with E-state index in [1.165, 1.54) is 18.1 Å². The summed E-state index contributed by atoms with van der Waals surface area (Å²) in [6.07, 6.45) is 3.29. The molecule has 1 fully saturated rings. The zero-order valence-electron chi connectivity index (χ0n) is 24.2. The molecule has 1 unspecified atom stereocenters. The number of amides is 1. The molecular weight excluding hydrogens is 587 g/mol. The van der Waals surface area contributed by atoms with Crippen molar-refractivity contribution in [3.63, 3.8) is 0 Å². The number of aromatic nitrogens is 5. The summed E-state index contributed by atoms with van der Waals surface area (Å²) in [5.74, 6) is -0.686. The summed E-state index contributed by atoms with van der Waals surface area (Å²) in [5, 5.41) is 11.4. The minimum atomic E-state index is -3.38. The van der Waals surface area contributed by atoms with Gasteiger partial charge >= 0.3 is 8.25 Å². The Labute approximate surface area is 244 Å². The van der Waals surface area contributed by atoms with Gasteiger partial charge in [-0.25, -0.2) is 4.98 Å². The van der Waals surface area contributed by atoms with Crippen molar-refractivity contribution in [1.29, 1.82) is 0 Å². The molecule has 3 aromatic rings. The number of nitrogens with zero attached hydrogens (tertiary/aromatic N) is 4. The normalized spacial score (nSPS) is 21.9. The third-order valence-corrected chi connectivity index (χ3v) is 13.5. The third kappa shape index (κ3) is 8.12. The van der Waals surface area contributed by atoms with Crippen molar-refractivity contribution in [1.82, 2.24) is 24.5 Å². The number of aliphatic hydroxyl groups is 1. The highest BCUT2D eigenvalue weighted by atomic mass is 32.2. The Bertz CT molecular complexity index is 1370. The lowest BCUT2D eigenvalue weighted by Gasteiger charge is -2.40. The van der Waals surface area contributed by atoms with Gasteiger partial charge in [-0.3, -0.25) is 34.0 Å². The highest BCUT2D eigenvalue weighted by Crippen LogP contribution is 2.50. The van der Waals surface area contributed by atoms with Gasteiger partial charge < -0.3 is 18.9 Å². The minimum absolute atomic E-state index is 0.0352. The largest absolute Gasteiger partial charge is 0.410 e. The standard InChI is InChI=1S/C20H34N5O7PSSi.C5H5N/c1-10(2)16(27)23-19-22-15-12(17(28)24-19)21-9-25(15)18-14(31-33(29)30)13(11(8-26)34-18)32-35(6,7)20(3,4)5;1-2-4-6-5-3-1/h9-11,13-14,18,26,33H,8H2,1-7H3,(H,29,30)(H2,22,23,24,27,28);1-5H/t11-,13-,14-,18-;/m1./s1.